The van der Waals surface area contributed by atoms with Crippen LogP contribution in [0, 0.1) is 0 Å². The minimum atomic E-state index is -0.586. The van der Waals surface area contributed by atoms with E-state index in [0.717, 1.165) is 5.56 Å². The summed E-state index contributed by atoms with van der Waals surface area (Å²) < 4.78 is 5.01. The van der Waals surface area contributed by atoms with Crippen molar-refractivity contribution >= 4 is 23.6 Å². The predicted octanol–water partition coefficient (Wildman–Crippen LogP) is 2.41. The summed E-state index contributed by atoms with van der Waals surface area (Å²) in [6.07, 6.45) is 0. The lowest BCUT2D eigenvalue weighted by Crippen LogP contribution is -2.37. The number of hydrogen-bond donors (Lipinski definition) is 2. The van der Waals surface area contributed by atoms with Crippen LogP contribution in [0.1, 0.15) is 26.3 Å². The number of ether oxygens (including phenoxy) is 1. The zero-order chi connectivity index (χ0) is 15.9. The van der Waals surface area contributed by atoms with Crippen molar-refractivity contribution in [1.29, 1.82) is 0 Å². The second kappa shape index (κ2) is 7.85. The van der Waals surface area contributed by atoms with Crippen LogP contribution in [-0.2, 0) is 20.9 Å². The first-order chi connectivity index (χ1) is 9.76. The molecular weight excluding hydrogens is 296 g/mol. The van der Waals surface area contributed by atoms with Crippen LogP contribution in [0.2, 0.25) is 5.02 Å². The monoisotopic (exact) mass is 314 g/mol. The minimum Gasteiger partial charge on any atom is -0.458 e. The molecule has 0 unspecified atom stereocenters. The average molecular weight is 315 g/mol. The molecule has 0 heterocycles. The van der Waals surface area contributed by atoms with Crippen molar-refractivity contribution in [1.82, 2.24) is 10.8 Å². The van der Waals surface area contributed by atoms with Crippen molar-refractivity contribution in [2.24, 2.45) is 0 Å². The van der Waals surface area contributed by atoms with E-state index in [1.165, 1.54) is 0 Å². The number of hydroxylamine groups is 1. The van der Waals surface area contributed by atoms with Gasteiger partial charge in [0.05, 0.1) is 0 Å². The van der Waals surface area contributed by atoms with Crippen LogP contribution in [0.25, 0.3) is 0 Å². The van der Waals surface area contributed by atoms with E-state index < -0.39 is 17.6 Å². The third kappa shape index (κ3) is 8.16. The summed E-state index contributed by atoms with van der Waals surface area (Å²) in [5.74, 6) is -0.555. The Kier molecular flexibility index (Phi) is 6.45. The van der Waals surface area contributed by atoms with Crippen LogP contribution < -0.4 is 10.8 Å². The van der Waals surface area contributed by atoms with E-state index >= 15 is 0 Å². The standard InChI is InChI=1S/C14H19ClN2O4/c1-14(2,3)21-12(18)9-20-17-13(19)16-8-10-4-6-11(15)7-5-10/h4-7H,8-9H2,1-3H3,(H2,16,17,19). The van der Waals surface area contributed by atoms with Crippen molar-refractivity contribution in [2.75, 3.05) is 6.61 Å². The lowest BCUT2D eigenvalue weighted by molar-refractivity contribution is -0.161. The van der Waals surface area contributed by atoms with E-state index in [9.17, 15) is 9.59 Å². The largest absolute Gasteiger partial charge is 0.458 e. The number of benzene rings is 1. The van der Waals surface area contributed by atoms with Gasteiger partial charge in [-0.1, -0.05) is 23.7 Å². The zero-order valence-electron chi connectivity index (χ0n) is 12.2. The van der Waals surface area contributed by atoms with E-state index in [4.69, 9.17) is 21.2 Å². The number of nitrogens with one attached hydrogen (secondary N) is 2. The number of carbonyl (C=O) groups excluding carboxylic acids is 2. The second-order valence-corrected chi connectivity index (χ2v) is 5.72. The quantitative estimate of drug-likeness (QED) is 0.646. The third-order valence-corrected chi connectivity index (χ3v) is 2.39. The molecule has 0 aliphatic heterocycles. The highest BCUT2D eigenvalue weighted by Crippen LogP contribution is 2.09. The fourth-order valence-electron chi connectivity index (χ4n) is 1.35. The summed E-state index contributed by atoms with van der Waals surface area (Å²) >= 11 is 5.75. The Morgan fingerprint density at radius 1 is 1.19 bits per heavy atom. The normalized spacial score (nSPS) is 10.9. The molecule has 0 fully saturated rings. The van der Waals surface area contributed by atoms with Crippen LogP contribution in [0.5, 0.6) is 0 Å². The van der Waals surface area contributed by atoms with E-state index in [-0.39, 0.29) is 6.61 Å². The van der Waals surface area contributed by atoms with Crippen LogP contribution in [0.15, 0.2) is 24.3 Å². The number of carbonyl (C=O) groups is 2. The molecule has 0 aromatic heterocycles. The number of amides is 2. The summed E-state index contributed by atoms with van der Waals surface area (Å²) in [6.45, 7) is 5.20. The molecule has 2 N–H and O–H groups in total. The summed E-state index contributed by atoms with van der Waals surface area (Å²) in [5, 5.41) is 3.20. The highest BCUT2D eigenvalue weighted by Gasteiger charge is 2.16. The average Bonchev–Trinajstić information content (AvgIpc) is 2.36. The van der Waals surface area contributed by atoms with Crippen LogP contribution in [0.3, 0.4) is 0 Å². The third-order valence-electron chi connectivity index (χ3n) is 2.14. The minimum absolute atomic E-state index is 0.318. The molecule has 1 rings (SSSR count). The second-order valence-electron chi connectivity index (χ2n) is 5.29. The van der Waals surface area contributed by atoms with Crippen molar-refractivity contribution in [3.8, 4) is 0 Å². The molecule has 0 aliphatic rings. The Bertz CT molecular complexity index is 483. The van der Waals surface area contributed by atoms with Crippen molar-refractivity contribution in [2.45, 2.75) is 32.9 Å². The molecule has 0 bridgehead atoms. The fraction of sp³-hybridized carbons (Fsp3) is 0.429. The van der Waals surface area contributed by atoms with E-state index in [0.29, 0.717) is 11.6 Å². The molecular formula is C14H19ClN2O4. The van der Waals surface area contributed by atoms with Gasteiger partial charge in [0.25, 0.3) is 0 Å². The van der Waals surface area contributed by atoms with Crippen molar-refractivity contribution in [3.63, 3.8) is 0 Å². The molecule has 21 heavy (non-hydrogen) atoms. The maximum absolute atomic E-state index is 11.4. The first-order valence-corrected chi connectivity index (χ1v) is 6.76. The summed E-state index contributed by atoms with van der Waals surface area (Å²) in [4.78, 5) is 27.5. The zero-order valence-corrected chi connectivity index (χ0v) is 13.0. The fourth-order valence-corrected chi connectivity index (χ4v) is 1.48. The van der Waals surface area contributed by atoms with Gasteiger partial charge in [0.15, 0.2) is 6.61 Å². The van der Waals surface area contributed by atoms with E-state index in [1.807, 2.05) is 0 Å². The SMILES string of the molecule is CC(C)(C)OC(=O)CONC(=O)NCc1ccc(Cl)cc1. The molecule has 0 saturated carbocycles. The molecule has 116 valence electrons. The van der Waals surface area contributed by atoms with Gasteiger partial charge < -0.3 is 10.1 Å². The molecule has 0 spiro atoms. The van der Waals surface area contributed by atoms with Gasteiger partial charge in [-0.15, -0.1) is 0 Å². The van der Waals surface area contributed by atoms with Crippen LogP contribution in [-0.4, -0.2) is 24.2 Å². The summed E-state index contributed by atoms with van der Waals surface area (Å²) in [6, 6.07) is 6.51. The maximum Gasteiger partial charge on any atom is 0.338 e. The Labute approximate surface area is 128 Å². The lowest BCUT2D eigenvalue weighted by Gasteiger charge is -2.19. The van der Waals surface area contributed by atoms with Gasteiger partial charge in [-0.05, 0) is 38.5 Å². The Morgan fingerprint density at radius 3 is 2.38 bits per heavy atom. The number of halogens is 1. The molecule has 0 atom stereocenters. The van der Waals surface area contributed by atoms with Gasteiger partial charge in [-0.2, -0.15) is 0 Å². The molecule has 7 heteroatoms. The van der Waals surface area contributed by atoms with Crippen LogP contribution >= 0.6 is 11.6 Å². The molecule has 2 amide bonds. The first kappa shape index (κ1) is 17.3. The summed E-state index contributed by atoms with van der Waals surface area (Å²) in [7, 11) is 0. The highest BCUT2D eigenvalue weighted by atomic mass is 35.5. The number of hydrogen-bond acceptors (Lipinski definition) is 4. The van der Waals surface area contributed by atoms with Gasteiger partial charge in [-0.3, -0.25) is 4.84 Å². The molecule has 1 aromatic carbocycles. The molecule has 1 aromatic rings. The maximum atomic E-state index is 11.4. The molecule has 0 saturated heterocycles. The molecule has 6 nitrogen and oxygen atoms in total. The topological polar surface area (TPSA) is 76.7 Å². The molecule has 0 radical (unpaired) electrons. The van der Waals surface area contributed by atoms with Gasteiger partial charge in [-0.25, -0.2) is 15.1 Å². The Hall–Kier alpha value is -1.79. The number of esters is 1. The van der Waals surface area contributed by atoms with Gasteiger partial charge >= 0.3 is 12.0 Å². The van der Waals surface area contributed by atoms with Gasteiger partial charge in [0, 0.05) is 11.6 Å². The predicted molar refractivity (Wildman–Crippen MR) is 78.6 cm³/mol. The highest BCUT2D eigenvalue weighted by molar-refractivity contribution is 6.30. The van der Waals surface area contributed by atoms with Crippen molar-refractivity contribution in [3.05, 3.63) is 34.9 Å². The Morgan fingerprint density at radius 2 is 1.81 bits per heavy atom. The number of rotatable bonds is 5. The lowest BCUT2D eigenvalue weighted by atomic mass is 10.2. The molecule has 0 aliphatic carbocycles. The number of urea groups is 1. The van der Waals surface area contributed by atoms with Crippen molar-refractivity contribution < 1.29 is 19.2 Å². The smallest absolute Gasteiger partial charge is 0.338 e. The summed E-state index contributed by atoms with van der Waals surface area (Å²) in [5.41, 5.74) is 2.41. The van der Waals surface area contributed by atoms with Gasteiger partial charge in [0.1, 0.15) is 5.60 Å². The van der Waals surface area contributed by atoms with E-state index in [1.54, 1.807) is 45.0 Å². The Balaban J connectivity index is 2.19. The van der Waals surface area contributed by atoms with E-state index in [2.05, 4.69) is 10.8 Å². The van der Waals surface area contributed by atoms with Crippen LogP contribution in [0.4, 0.5) is 4.79 Å². The first-order valence-electron chi connectivity index (χ1n) is 6.38. The van der Waals surface area contributed by atoms with Gasteiger partial charge in [0.2, 0.25) is 0 Å².